The molecule has 0 bridgehead atoms. The Balaban J connectivity index is 3.00. The Morgan fingerprint density at radius 3 is 2.57 bits per heavy atom. The Hall–Kier alpha value is -0.110. The summed E-state index contributed by atoms with van der Waals surface area (Å²) in [4.78, 5) is 0. The first-order valence-corrected chi connectivity index (χ1v) is 2.97. The molecule has 0 heterocycles. The van der Waals surface area contributed by atoms with Crippen molar-refractivity contribution in [3.63, 3.8) is 0 Å². The maximum atomic E-state index is 3.99. The van der Waals surface area contributed by atoms with Crippen LogP contribution in [0.5, 0.6) is 0 Å². The van der Waals surface area contributed by atoms with Crippen molar-refractivity contribution in [2.75, 3.05) is 12.3 Å². The first-order chi connectivity index (χ1) is 3.31. The molecule has 0 aromatic heterocycles. The van der Waals surface area contributed by atoms with Crippen LogP contribution in [0.3, 0.4) is 0 Å². The van der Waals surface area contributed by atoms with Gasteiger partial charge in [-0.15, -0.1) is 0 Å². The van der Waals surface area contributed by atoms with E-state index in [1.807, 2.05) is 6.92 Å². The zero-order valence-corrected chi connectivity index (χ0v) is 5.46. The number of hydrogen-bond acceptors (Lipinski definition) is 2. The molecule has 0 saturated heterocycles. The lowest BCUT2D eigenvalue weighted by atomic mass is 10.5. The van der Waals surface area contributed by atoms with Crippen LogP contribution in [0.25, 0.3) is 0 Å². The van der Waals surface area contributed by atoms with E-state index in [4.69, 9.17) is 0 Å². The largest absolute Gasteiger partial charge is 0.388 e. The molecule has 0 spiro atoms. The Labute approximate surface area is 50.2 Å². The number of nitrogens with one attached hydrogen (secondary N) is 1. The van der Waals surface area contributed by atoms with Crippen LogP contribution in [-0.2, 0) is 0 Å². The SMILES string of the molecule is C=C(CS)NCC. The molecular formula is C5H11NS. The van der Waals surface area contributed by atoms with E-state index in [1.165, 1.54) is 0 Å². The van der Waals surface area contributed by atoms with Crippen LogP contribution in [0, 0.1) is 0 Å². The molecule has 0 aromatic carbocycles. The Morgan fingerprint density at radius 1 is 1.86 bits per heavy atom. The molecule has 0 amide bonds. The van der Waals surface area contributed by atoms with Crippen LogP contribution in [0.4, 0.5) is 0 Å². The lowest BCUT2D eigenvalue weighted by molar-refractivity contribution is 0.863. The highest BCUT2D eigenvalue weighted by Gasteiger charge is 1.80. The minimum Gasteiger partial charge on any atom is -0.388 e. The van der Waals surface area contributed by atoms with E-state index in [0.29, 0.717) is 0 Å². The van der Waals surface area contributed by atoms with Gasteiger partial charge in [0.1, 0.15) is 0 Å². The lowest BCUT2D eigenvalue weighted by Gasteiger charge is -1.99. The molecule has 0 aliphatic heterocycles. The van der Waals surface area contributed by atoms with Crippen molar-refractivity contribution >= 4 is 12.6 Å². The Morgan fingerprint density at radius 2 is 2.43 bits per heavy atom. The normalized spacial score (nSPS) is 8.29. The van der Waals surface area contributed by atoms with Gasteiger partial charge < -0.3 is 5.32 Å². The molecule has 0 rings (SSSR count). The van der Waals surface area contributed by atoms with Crippen LogP contribution in [0.2, 0.25) is 0 Å². The number of hydrogen-bond donors (Lipinski definition) is 2. The Bertz CT molecular complexity index is 61.1. The van der Waals surface area contributed by atoms with Gasteiger partial charge in [0.2, 0.25) is 0 Å². The van der Waals surface area contributed by atoms with Crippen molar-refractivity contribution in [1.29, 1.82) is 0 Å². The molecule has 2 heteroatoms. The highest BCUT2D eigenvalue weighted by molar-refractivity contribution is 7.80. The second-order valence-corrected chi connectivity index (χ2v) is 1.61. The fourth-order valence-corrected chi connectivity index (χ4v) is 0.418. The maximum absolute atomic E-state index is 3.99. The lowest BCUT2D eigenvalue weighted by Crippen LogP contribution is -2.11. The highest BCUT2D eigenvalue weighted by atomic mass is 32.1. The van der Waals surface area contributed by atoms with E-state index < -0.39 is 0 Å². The fraction of sp³-hybridized carbons (Fsp3) is 0.600. The van der Waals surface area contributed by atoms with E-state index in [0.717, 1.165) is 18.0 Å². The summed E-state index contributed by atoms with van der Waals surface area (Å²) >= 11 is 3.99. The Kier molecular flexibility index (Phi) is 4.00. The summed E-state index contributed by atoms with van der Waals surface area (Å²) in [6.07, 6.45) is 0. The average Bonchev–Trinajstić information content (AvgIpc) is 1.68. The van der Waals surface area contributed by atoms with Crippen molar-refractivity contribution in [2.24, 2.45) is 0 Å². The molecule has 0 atom stereocenters. The number of rotatable bonds is 3. The molecule has 0 aliphatic rings. The first-order valence-electron chi connectivity index (χ1n) is 2.33. The third kappa shape index (κ3) is 3.73. The van der Waals surface area contributed by atoms with Gasteiger partial charge in [-0.3, -0.25) is 0 Å². The molecule has 0 unspecified atom stereocenters. The molecule has 1 nitrogen and oxygen atoms in total. The summed E-state index contributed by atoms with van der Waals surface area (Å²) < 4.78 is 0. The van der Waals surface area contributed by atoms with Crippen LogP contribution < -0.4 is 5.32 Å². The van der Waals surface area contributed by atoms with E-state index in [-0.39, 0.29) is 0 Å². The third-order valence-corrected chi connectivity index (χ3v) is 0.999. The molecular weight excluding hydrogens is 106 g/mol. The third-order valence-electron chi connectivity index (χ3n) is 0.618. The molecule has 1 N–H and O–H groups in total. The smallest absolute Gasteiger partial charge is 0.0296 e. The van der Waals surface area contributed by atoms with Gasteiger partial charge in [-0.05, 0) is 6.92 Å². The van der Waals surface area contributed by atoms with Gasteiger partial charge in [-0.1, -0.05) is 6.58 Å². The standard InChI is InChI=1S/C5H11NS/c1-3-6-5(2)4-7/h6-7H,2-4H2,1H3. The zero-order valence-electron chi connectivity index (χ0n) is 4.57. The van der Waals surface area contributed by atoms with Crippen molar-refractivity contribution in [1.82, 2.24) is 5.32 Å². The molecule has 0 aromatic rings. The molecule has 0 radical (unpaired) electrons. The van der Waals surface area contributed by atoms with Crippen molar-refractivity contribution < 1.29 is 0 Å². The van der Waals surface area contributed by atoms with Gasteiger partial charge in [0.25, 0.3) is 0 Å². The second-order valence-electron chi connectivity index (χ2n) is 1.29. The van der Waals surface area contributed by atoms with Gasteiger partial charge in [-0.25, -0.2) is 0 Å². The summed E-state index contributed by atoms with van der Waals surface area (Å²) in [7, 11) is 0. The minimum atomic E-state index is 0.730. The van der Waals surface area contributed by atoms with Crippen molar-refractivity contribution in [3.05, 3.63) is 12.3 Å². The first kappa shape index (κ1) is 6.89. The second kappa shape index (κ2) is 4.06. The fourth-order valence-electron chi connectivity index (χ4n) is 0.306. The van der Waals surface area contributed by atoms with Gasteiger partial charge in [0, 0.05) is 18.0 Å². The van der Waals surface area contributed by atoms with Gasteiger partial charge in [-0.2, -0.15) is 12.6 Å². The average molecular weight is 117 g/mol. The van der Waals surface area contributed by atoms with Crippen molar-refractivity contribution in [3.8, 4) is 0 Å². The number of thiol groups is 1. The summed E-state index contributed by atoms with van der Waals surface area (Å²) in [5, 5.41) is 3.02. The monoisotopic (exact) mass is 117 g/mol. The molecule has 42 valence electrons. The van der Waals surface area contributed by atoms with Crippen LogP contribution in [-0.4, -0.2) is 12.3 Å². The predicted molar refractivity (Wildman–Crippen MR) is 36.7 cm³/mol. The van der Waals surface area contributed by atoms with Gasteiger partial charge in [0.15, 0.2) is 0 Å². The summed E-state index contributed by atoms with van der Waals surface area (Å²) in [5.41, 5.74) is 0.992. The van der Waals surface area contributed by atoms with Crippen molar-refractivity contribution in [2.45, 2.75) is 6.92 Å². The molecule has 0 aliphatic carbocycles. The van der Waals surface area contributed by atoms with Gasteiger partial charge >= 0.3 is 0 Å². The molecule has 0 fully saturated rings. The van der Waals surface area contributed by atoms with E-state index >= 15 is 0 Å². The topological polar surface area (TPSA) is 12.0 Å². The summed E-state index contributed by atoms with van der Waals surface area (Å²) in [5.74, 6) is 0.730. The quantitative estimate of drug-likeness (QED) is 0.526. The minimum absolute atomic E-state index is 0.730. The van der Waals surface area contributed by atoms with Crippen LogP contribution in [0.1, 0.15) is 6.92 Å². The van der Waals surface area contributed by atoms with E-state index in [1.54, 1.807) is 0 Å². The van der Waals surface area contributed by atoms with E-state index in [2.05, 4.69) is 24.5 Å². The van der Waals surface area contributed by atoms with Gasteiger partial charge in [0.05, 0.1) is 0 Å². The predicted octanol–water partition coefficient (Wildman–Crippen LogP) is 1.04. The maximum Gasteiger partial charge on any atom is 0.0296 e. The van der Waals surface area contributed by atoms with Crippen LogP contribution >= 0.6 is 12.6 Å². The van der Waals surface area contributed by atoms with Crippen LogP contribution in [0.15, 0.2) is 12.3 Å². The summed E-state index contributed by atoms with van der Waals surface area (Å²) in [6.45, 7) is 6.66. The van der Waals surface area contributed by atoms with E-state index in [9.17, 15) is 0 Å². The highest BCUT2D eigenvalue weighted by Crippen LogP contribution is 1.84. The molecule has 0 saturated carbocycles. The molecule has 7 heavy (non-hydrogen) atoms. The summed E-state index contributed by atoms with van der Waals surface area (Å²) in [6, 6.07) is 0. The zero-order chi connectivity index (χ0) is 5.70.